The normalized spacial score (nSPS) is 25.1. The van der Waals surface area contributed by atoms with Crippen LogP contribution >= 0.6 is 15.9 Å². The van der Waals surface area contributed by atoms with Gasteiger partial charge in [0.2, 0.25) is 0 Å². The van der Waals surface area contributed by atoms with E-state index < -0.39 is 0 Å². The van der Waals surface area contributed by atoms with Crippen molar-refractivity contribution in [2.45, 2.75) is 44.4 Å². The quantitative estimate of drug-likeness (QED) is 0.889. The van der Waals surface area contributed by atoms with E-state index in [1.165, 1.54) is 6.42 Å². The first-order chi connectivity index (χ1) is 9.44. The molecule has 0 amide bonds. The number of aromatic nitrogens is 2. The highest BCUT2D eigenvalue weighted by Crippen LogP contribution is 2.37. The largest absolute Gasteiger partial charge is 0.373 e. The molecule has 1 aromatic heterocycles. The van der Waals surface area contributed by atoms with E-state index in [0.29, 0.717) is 0 Å². The molecule has 0 aromatic carbocycles. The van der Waals surface area contributed by atoms with Crippen molar-refractivity contribution >= 4 is 15.9 Å². The van der Waals surface area contributed by atoms with E-state index in [2.05, 4.69) is 46.9 Å². The van der Waals surface area contributed by atoms with Crippen LogP contribution in [0.5, 0.6) is 0 Å². The van der Waals surface area contributed by atoms with Crippen LogP contribution in [-0.2, 0) is 11.3 Å². The predicted octanol–water partition coefficient (Wildman–Crippen LogP) is 2.17. The molecule has 0 bridgehead atoms. The van der Waals surface area contributed by atoms with E-state index in [9.17, 15) is 0 Å². The summed E-state index contributed by atoms with van der Waals surface area (Å²) >= 11 is 3.58. The van der Waals surface area contributed by atoms with E-state index in [-0.39, 0.29) is 11.6 Å². The minimum atomic E-state index is -0.295. The molecule has 6 heteroatoms. The van der Waals surface area contributed by atoms with Crippen LogP contribution < -0.4 is 5.73 Å². The number of nitrogens with two attached hydrogens (primary N) is 1. The van der Waals surface area contributed by atoms with Crippen molar-refractivity contribution in [1.82, 2.24) is 14.7 Å². The maximum absolute atomic E-state index is 6.53. The summed E-state index contributed by atoms with van der Waals surface area (Å²) in [5, 5.41) is 4.44. The van der Waals surface area contributed by atoms with Gasteiger partial charge < -0.3 is 15.4 Å². The lowest BCUT2D eigenvalue weighted by Crippen LogP contribution is -2.44. The third kappa shape index (κ3) is 3.42. The van der Waals surface area contributed by atoms with Crippen molar-refractivity contribution in [2.24, 2.45) is 5.73 Å². The highest BCUT2D eigenvalue weighted by Gasteiger charge is 2.38. The van der Waals surface area contributed by atoms with Gasteiger partial charge in [-0.15, -0.1) is 0 Å². The summed E-state index contributed by atoms with van der Waals surface area (Å²) < 4.78 is 8.96. The lowest BCUT2D eigenvalue weighted by atomic mass is 9.87. The summed E-state index contributed by atoms with van der Waals surface area (Å²) in [5.41, 5.74) is 7.27. The Balaban J connectivity index is 2.19. The van der Waals surface area contributed by atoms with Crippen molar-refractivity contribution in [1.29, 1.82) is 0 Å². The molecular weight excluding hydrogens is 320 g/mol. The molecule has 0 saturated carbocycles. The van der Waals surface area contributed by atoms with Gasteiger partial charge >= 0.3 is 0 Å². The first kappa shape index (κ1) is 15.9. The molecule has 0 aliphatic carbocycles. The summed E-state index contributed by atoms with van der Waals surface area (Å²) in [5.74, 6) is 0. The van der Waals surface area contributed by atoms with Crippen molar-refractivity contribution in [3.8, 4) is 0 Å². The van der Waals surface area contributed by atoms with Crippen molar-refractivity contribution in [2.75, 3.05) is 27.2 Å². The zero-order valence-corrected chi connectivity index (χ0v) is 14.2. The Labute approximate surface area is 129 Å². The van der Waals surface area contributed by atoms with E-state index >= 15 is 0 Å². The average Bonchev–Trinajstić information content (AvgIpc) is 2.77. The van der Waals surface area contributed by atoms with Gasteiger partial charge in [0.15, 0.2) is 0 Å². The van der Waals surface area contributed by atoms with Gasteiger partial charge in [0.05, 0.1) is 34.6 Å². The summed E-state index contributed by atoms with van der Waals surface area (Å²) in [6, 6.07) is -0.165. The number of likely N-dealkylation sites (N-methyl/N-ethyl adjacent to an activating group) is 1. The minimum Gasteiger partial charge on any atom is -0.373 e. The first-order valence-corrected chi connectivity index (χ1v) is 7.99. The summed E-state index contributed by atoms with van der Waals surface area (Å²) in [4.78, 5) is 2.14. The zero-order valence-electron chi connectivity index (χ0n) is 12.6. The fourth-order valence-electron chi connectivity index (χ4n) is 2.64. The Kier molecular flexibility index (Phi) is 5.23. The van der Waals surface area contributed by atoms with Gasteiger partial charge in [0.25, 0.3) is 0 Å². The Hall–Kier alpha value is -0.430. The smallest absolute Gasteiger partial charge is 0.0861 e. The number of nitrogens with zero attached hydrogens (tertiary/aromatic N) is 3. The molecule has 1 aliphatic rings. The molecule has 20 heavy (non-hydrogen) atoms. The van der Waals surface area contributed by atoms with Crippen LogP contribution in [-0.4, -0.2) is 47.5 Å². The second-order valence-corrected chi connectivity index (χ2v) is 6.85. The van der Waals surface area contributed by atoms with E-state index in [4.69, 9.17) is 10.5 Å². The monoisotopic (exact) mass is 344 g/mol. The minimum absolute atomic E-state index is 0.165. The molecule has 2 atom stereocenters. The Bertz CT molecular complexity index is 440. The summed E-state index contributed by atoms with van der Waals surface area (Å²) in [6.45, 7) is 4.68. The van der Waals surface area contributed by atoms with Gasteiger partial charge in [-0.3, -0.25) is 4.68 Å². The molecule has 5 nitrogen and oxygen atoms in total. The van der Waals surface area contributed by atoms with Gasteiger partial charge in [-0.1, -0.05) is 0 Å². The molecule has 2 heterocycles. The molecule has 1 aliphatic heterocycles. The molecule has 2 N–H and O–H groups in total. The van der Waals surface area contributed by atoms with Crippen molar-refractivity contribution < 1.29 is 4.74 Å². The number of halogens is 1. The van der Waals surface area contributed by atoms with Crippen LogP contribution in [0, 0.1) is 0 Å². The predicted molar refractivity (Wildman–Crippen MR) is 83.6 cm³/mol. The van der Waals surface area contributed by atoms with Crippen molar-refractivity contribution in [3.05, 3.63) is 16.4 Å². The molecule has 1 aromatic rings. The average molecular weight is 345 g/mol. The number of hydrogen-bond donors (Lipinski definition) is 1. The van der Waals surface area contributed by atoms with Crippen LogP contribution in [0.4, 0.5) is 0 Å². The summed E-state index contributed by atoms with van der Waals surface area (Å²) in [7, 11) is 4.12. The fraction of sp³-hybridized carbons (Fsp3) is 0.786. The van der Waals surface area contributed by atoms with Crippen LogP contribution in [0.3, 0.4) is 0 Å². The fourth-order valence-corrected chi connectivity index (χ4v) is 3.19. The van der Waals surface area contributed by atoms with Crippen LogP contribution in [0.1, 0.15) is 37.9 Å². The molecular formula is C14H25BrN4O. The van der Waals surface area contributed by atoms with Crippen LogP contribution in [0.15, 0.2) is 10.7 Å². The molecule has 114 valence electrons. The second kappa shape index (κ2) is 6.56. The second-order valence-electron chi connectivity index (χ2n) is 6.00. The molecule has 2 rings (SSSR count). The maximum Gasteiger partial charge on any atom is 0.0861 e. The molecule has 1 fully saturated rings. The standard InChI is InChI=1S/C14H25BrN4O/c1-14(6-4-5-9-20-14)13(16)12-11(15)10-17-19(12)8-7-18(2)3/h10,13H,4-9,16H2,1-3H3. The number of rotatable bonds is 5. The first-order valence-electron chi connectivity index (χ1n) is 7.19. The van der Waals surface area contributed by atoms with Gasteiger partial charge in [0.1, 0.15) is 0 Å². The zero-order chi connectivity index (χ0) is 14.8. The Morgan fingerprint density at radius 1 is 1.55 bits per heavy atom. The van der Waals surface area contributed by atoms with Gasteiger partial charge in [-0.25, -0.2) is 0 Å². The van der Waals surface area contributed by atoms with E-state index in [0.717, 1.165) is 42.7 Å². The lowest BCUT2D eigenvalue weighted by molar-refractivity contribution is -0.0836. The van der Waals surface area contributed by atoms with E-state index in [1.54, 1.807) is 0 Å². The lowest BCUT2D eigenvalue weighted by Gasteiger charge is -2.39. The molecule has 0 radical (unpaired) electrons. The Morgan fingerprint density at radius 2 is 2.30 bits per heavy atom. The van der Waals surface area contributed by atoms with Gasteiger partial charge in [0, 0.05) is 13.2 Å². The number of ether oxygens (including phenoxy) is 1. The molecule has 0 spiro atoms. The van der Waals surface area contributed by atoms with E-state index in [1.807, 2.05) is 10.9 Å². The molecule has 1 saturated heterocycles. The van der Waals surface area contributed by atoms with Crippen LogP contribution in [0.2, 0.25) is 0 Å². The topological polar surface area (TPSA) is 56.3 Å². The van der Waals surface area contributed by atoms with Crippen molar-refractivity contribution in [3.63, 3.8) is 0 Å². The van der Waals surface area contributed by atoms with Gasteiger partial charge in [-0.2, -0.15) is 5.10 Å². The highest BCUT2D eigenvalue weighted by atomic mass is 79.9. The SMILES string of the molecule is CN(C)CCn1ncc(Br)c1C(N)C1(C)CCCCO1. The van der Waals surface area contributed by atoms with Crippen LogP contribution in [0.25, 0.3) is 0 Å². The number of hydrogen-bond acceptors (Lipinski definition) is 4. The maximum atomic E-state index is 6.53. The Morgan fingerprint density at radius 3 is 2.90 bits per heavy atom. The third-order valence-electron chi connectivity index (χ3n) is 4.04. The van der Waals surface area contributed by atoms with Gasteiger partial charge in [-0.05, 0) is 56.2 Å². The third-order valence-corrected chi connectivity index (χ3v) is 4.66. The summed E-state index contributed by atoms with van der Waals surface area (Å²) in [6.07, 6.45) is 5.13. The molecule has 2 unspecified atom stereocenters. The highest BCUT2D eigenvalue weighted by molar-refractivity contribution is 9.10.